The van der Waals surface area contributed by atoms with Gasteiger partial charge in [0, 0.05) is 18.4 Å². The van der Waals surface area contributed by atoms with E-state index in [2.05, 4.69) is 0 Å². The van der Waals surface area contributed by atoms with Crippen LogP contribution in [0.4, 0.5) is 20.2 Å². The van der Waals surface area contributed by atoms with Crippen LogP contribution in [-0.4, -0.2) is 13.0 Å². The molecule has 0 atom stereocenters. The van der Waals surface area contributed by atoms with Gasteiger partial charge in [-0.1, -0.05) is 0 Å². The van der Waals surface area contributed by atoms with E-state index in [1.54, 1.807) is 0 Å². The van der Waals surface area contributed by atoms with E-state index in [4.69, 9.17) is 5.73 Å². The maximum Gasteiger partial charge on any atom is 0.260 e. The highest BCUT2D eigenvalue weighted by molar-refractivity contribution is 6.08. The fourth-order valence-electron chi connectivity index (χ4n) is 1.68. The molecule has 0 radical (unpaired) electrons. The Bertz CT molecular complexity index is 611. The molecule has 0 fully saturated rings. The van der Waals surface area contributed by atoms with Crippen LogP contribution in [-0.2, 0) is 0 Å². The van der Waals surface area contributed by atoms with Gasteiger partial charge in [0.2, 0.25) is 0 Å². The Morgan fingerprint density at radius 1 is 1.05 bits per heavy atom. The molecule has 0 aliphatic rings. The molecule has 2 aromatic rings. The molecule has 0 aromatic heterocycles. The van der Waals surface area contributed by atoms with Gasteiger partial charge >= 0.3 is 0 Å². The highest BCUT2D eigenvalue weighted by atomic mass is 19.1. The van der Waals surface area contributed by atoms with Crippen molar-refractivity contribution in [1.29, 1.82) is 0 Å². The normalized spacial score (nSPS) is 10.3. The van der Waals surface area contributed by atoms with E-state index in [1.807, 2.05) is 0 Å². The second kappa shape index (κ2) is 5.06. The number of nitrogen functional groups attached to an aromatic ring is 1. The third-order valence-electron chi connectivity index (χ3n) is 2.76. The first-order valence-electron chi connectivity index (χ1n) is 5.57. The average molecular weight is 262 g/mol. The third-order valence-corrected chi connectivity index (χ3v) is 2.76. The molecular formula is C14H12F2N2O. The van der Waals surface area contributed by atoms with Crippen LogP contribution < -0.4 is 10.6 Å². The molecule has 0 unspecified atom stereocenters. The second-order valence-corrected chi connectivity index (χ2v) is 4.07. The standard InChI is InChI=1S/C14H12F2N2O/c1-18(11-5-2-9(15)3-6-11)14(19)12-8-10(16)4-7-13(12)17/h2-8H,17H2,1H3. The Labute approximate surface area is 109 Å². The minimum atomic E-state index is -0.537. The van der Waals surface area contributed by atoms with Crippen LogP contribution >= 0.6 is 0 Å². The highest BCUT2D eigenvalue weighted by Crippen LogP contribution is 2.20. The lowest BCUT2D eigenvalue weighted by Crippen LogP contribution is -2.27. The molecule has 5 heteroatoms. The molecule has 98 valence electrons. The summed E-state index contributed by atoms with van der Waals surface area (Å²) in [5.74, 6) is -1.39. The molecule has 2 rings (SSSR count). The summed E-state index contributed by atoms with van der Waals surface area (Å²) in [6.45, 7) is 0. The number of nitrogens with two attached hydrogens (primary N) is 1. The van der Waals surface area contributed by atoms with E-state index in [9.17, 15) is 13.6 Å². The van der Waals surface area contributed by atoms with Crippen molar-refractivity contribution in [3.05, 3.63) is 59.7 Å². The Hall–Kier alpha value is -2.43. The number of amides is 1. The van der Waals surface area contributed by atoms with E-state index < -0.39 is 17.5 Å². The maximum atomic E-state index is 13.2. The van der Waals surface area contributed by atoms with Crippen LogP contribution in [0.1, 0.15) is 10.4 Å². The first-order valence-corrected chi connectivity index (χ1v) is 5.57. The fraction of sp³-hybridized carbons (Fsp3) is 0.0714. The van der Waals surface area contributed by atoms with Crippen LogP contribution in [0.5, 0.6) is 0 Å². The molecule has 0 saturated heterocycles. The Morgan fingerprint density at radius 3 is 2.26 bits per heavy atom. The van der Waals surface area contributed by atoms with Crippen LogP contribution in [0.15, 0.2) is 42.5 Å². The summed E-state index contributed by atoms with van der Waals surface area (Å²) in [5, 5.41) is 0. The monoisotopic (exact) mass is 262 g/mol. The van der Waals surface area contributed by atoms with Gasteiger partial charge in [0.25, 0.3) is 5.91 Å². The van der Waals surface area contributed by atoms with Gasteiger partial charge in [-0.25, -0.2) is 8.78 Å². The fourth-order valence-corrected chi connectivity index (χ4v) is 1.68. The minimum absolute atomic E-state index is 0.0758. The zero-order chi connectivity index (χ0) is 14.0. The molecule has 2 aromatic carbocycles. The summed E-state index contributed by atoms with van der Waals surface area (Å²) < 4.78 is 26.0. The SMILES string of the molecule is CN(C(=O)c1cc(F)ccc1N)c1ccc(F)cc1. The van der Waals surface area contributed by atoms with Crippen LogP contribution in [0.25, 0.3) is 0 Å². The van der Waals surface area contributed by atoms with E-state index in [1.165, 1.54) is 48.3 Å². The lowest BCUT2D eigenvalue weighted by atomic mass is 10.1. The molecule has 3 nitrogen and oxygen atoms in total. The smallest absolute Gasteiger partial charge is 0.260 e. The number of carbonyl (C=O) groups excluding carboxylic acids is 1. The summed E-state index contributed by atoms with van der Waals surface area (Å²) in [4.78, 5) is 13.5. The van der Waals surface area contributed by atoms with Gasteiger partial charge in [-0.05, 0) is 42.5 Å². The number of benzene rings is 2. The predicted molar refractivity (Wildman–Crippen MR) is 69.9 cm³/mol. The van der Waals surface area contributed by atoms with Crippen molar-refractivity contribution in [1.82, 2.24) is 0 Å². The van der Waals surface area contributed by atoms with E-state index in [0.717, 1.165) is 6.07 Å². The number of hydrogen-bond acceptors (Lipinski definition) is 2. The van der Waals surface area contributed by atoms with Gasteiger partial charge in [-0.3, -0.25) is 4.79 Å². The molecule has 19 heavy (non-hydrogen) atoms. The number of halogens is 2. The van der Waals surface area contributed by atoms with Crippen LogP contribution in [0.2, 0.25) is 0 Å². The van der Waals surface area contributed by atoms with E-state index >= 15 is 0 Å². The zero-order valence-electron chi connectivity index (χ0n) is 10.2. The molecule has 0 saturated carbocycles. The Balaban J connectivity index is 2.33. The summed E-state index contributed by atoms with van der Waals surface area (Å²) in [5.41, 5.74) is 6.42. The Kier molecular flexibility index (Phi) is 3.46. The minimum Gasteiger partial charge on any atom is -0.398 e. The van der Waals surface area contributed by atoms with Crippen molar-refractivity contribution in [2.75, 3.05) is 17.7 Å². The van der Waals surface area contributed by atoms with E-state index in [-0.39, 0.29) is 11.3 Å². The van der Waals surface area contributed by atoms with Crippen molar-refractivity contribution >= 4 is 17.3 Å². The quantitative estimate of drug-likeness (QED) is 0.846. The summed E-state index contributed by atoms with van der Waals surface area (Å²) in [6, 6.07) is 9.01. The average Bonchev–Trinajstić information content (AvgIpc) is 2.41. The van der Waals surface area contributed by atoms with Crippen molar-refractivity contribution in [2.45, 2.75) is 0 Å². The third kappa shape index (κ3) is 2.70. The summed E-state index contributed by atoms with van der Waals surface area (Å²) in [7, 11) is 1.51. The first-order chi connectivity index (χ1) is 8.99. The summed E-state index contributed by atoms with van der Waals surface area (Å²) >= 11 is 0. The molecule has 1 amide bonds. The van der Waals surface area contributed by atoms with E-state index in [0.29, 0.717) is 5.69 Å². The number of hydrogen-bond donors (Lipinski definition) is 1. The molecule has 0 aliphatic carbocycles. The lowest BCUT2D eigenvalue weighted by Gasteiger charge is -2.18. The van der Waals surface area contributed by atoms with Gasteiger partial charge in [0.1, 0.15) is 11.6 Å². The van der Waals surface area contributed by atoms with Gasteiger partial charge in [-0.15, -0.1) is 0 Å². The molecule has 0 heterocycles. The van der Waals surface area contributed by atoms with Crippen molar-refractivity contribution in [3.63, 3.8) is 0 Å². The number of anilines is 2. The maximum absolute atomic E-state index is 13.2. The molecule has 0 bridgehead atoms. The number of carbonyl (C=O) groups is 1. The molecule has 2 N–H and O–H groups in total. The second-order valence-electron chi connectivity index (χ2n) is 4.07. The highest BCUT2D eigenvalue weighted by Gasteiger charge is 2.16. The molecule has 0 aliphatic heterocycles. The Morgan fingerprint density at radius 2 is 1.63 bits per heavy atom. The van der Waals surface area contributed by atoms with Crippen molar-refractivity contribution in [2.24, 2.45) is 0 Å². The lowest BCUT2D eigenvalue weighted by molar-refractivity contribution is 0.0993. The zero-order valence-corrected chi connectivity index (χ0v) is 10.2. The van der Waals surface area contributed by atoms with Gasteiger partial charge < -0.3 is 10.6 Å². The topological polar surface area (TPSA) is 46.3 Å². The number of nitrogens with zero attached hydrogens (tertiary/aromatic N) is 1. The van der Waals surface area contributed by atoms with Crippen molar-refractivity contribution in [3.8, 4) is 0 Å². The summed E-state index contributed by atoms with van der Waals surface area (Å²) in [6.07, 6.45) is 0. The van der Waals surface area contributed by atoms with Crippen LogP contribution in [0.3, 0.4) is 0 Å². The molecule has 0 spiro atoms. The number of rotatable bonds is 2. The van der Waals surface area contributed by atoms with Gasteiger partial charge in [0.05, 0.1) is 5.56 Å². The van der Waals surface area contributed by atoms with Gasteiger partial charge in [-0.2, -0.15) is 0 Å². The first kappa shape index (κ1) is 13.0. The van der Waals surface area contributed by atoms with Crippen LogP contribution in [0, 0.1) is 11.6 Å². The molecular weight excluding hydrogens is 250 g/mol. The van der Waals surface area contributed by atoms with Gasteiger partial charge in [0.15, 0.2) is 0 Å². The largest absolute Gasteiger partial charge is 0.398 e. The van der Waals surface area contributed by atoms with Crippen molar-refractivity contribution < 1.29 is 13.6 Å². The predicted octanol–water partition coefficient (Wildman–Crippen LogP) is 2.82.